The Hall–Kier alpha value is -2.53. The summed E-state index contributed by atoms with van der Waals surface area (Å²) in [7, 11) is 0. The van der Waals surface area contributed by atoms with E-state index in [-0.39, 0.29) is 0 Å². The highest BCUT2D eigenvalue weighted by Crippen LogP contribution is 2.31. The first-order valence-corrected chi connectivity index (χ1v) is 9.87. The normalized spacial score (nSPS) is 18.5. The number of benzene rings is 1. The number of fused-ring (bicyclic) bond motifs is 2. The first-order chi connectivity index (χ1) is 13.2. The van der Waals surface area contributed by atoms with Crippen molar-refractivity contribution in [2.75, 3.05) is 37.7 Å². The van der Waals surface area contributed by atoms with Crippen LogP contribution in [-0.4, -0.2) is 47.1 Å². The first kappa shape index (κ1) is 16.6. The highest BCUT2D eigenvalue weighted by molar-refractivity contribution is 5.55. The first-order valence-electron chi connectivity index (χ1n) is 9.87. The van der Waals surface area contributed by atoms with Crippen molar-refractivity contribution < 1.29 is 4.74 Å². The molecule has 1 saturated heterocycles. The Morgan fingerprint density at radius 2 is 1.93 bits per heavy atom. The molecule has 5 rings (SSSR count). The summed E-state index contributed by atoms with van der Waals surface area (Å²) >= 11 is 0. The molecular formula is C22H26N4O. The lowest BCUT2D eigenvalue weighted by molar-refractivity contribution is 0.198. The van der Waals surface area contributed by atoms with E-state index in [9.17, 15) is 0 Å². The molecule has 5 heteroatoms. The zero-order chi connectivity index (χ0) is 18.4. The van der Waals surface area contributed by atoms with Crippen molar-refractivity contribution in [3.8, 4) is 5.75 Å². The lowest BCUT2D eigenvalue weighted by atomic mass is 10.0. The van der Waals surface area contributed by atoms with Crippen LogP contribution in [0, 0.1) is 6.92 Å². The maximum atomic E-state index is 5.76. The Labute approximate surface area is 160 Å². The standard InChI is InChI=1S/C22H26N4O/c1-16(19-4-3-18-7-12-27-22(18)13-19)24-8-10-25(11-9-24)21-6-5-20-14-23-17(2)26(20)15-21/h3-6,13-16H,7-12H2,1-2H3/t16-/m0/s1. The second-order valence-corrected chi connectivity index (χ2v) is 7.65. The van der Waals surface area contributed by atoms with E-state index >= 15 is 0 Å². The topological polar surface area (TPSA) is 33.0 Å². The van der Waals surface area contributed by atoms with Crippen molar-refractivity contribution in [1.82, 2.24) is 14.3 Å². The Balaban J connectivity index is 1.28. The summed E-state index contributed by atoms with van der Waals surface area (Å²) < 4.78 is 7.93. The van der Waals surface area contributed by atoms with Crippen LogP contribution in [0.2, 0.25) is 0 Å². The Morgan fingerprint density at radius 1 is 1.07 bits per heavy atom. The molecule has 4 heterocycles. The number of pyridine rings is 1. The maximum Gasteiger partial charge on any atom is 0.122 e. The number of hydrogen-bond acceptors (Lipinski definition) is 4. The van der Waals surface area contributed by atoms with E-state index in [2.05, 4.69) is 69.6 Å². The highest BCUT2D eigenvalue weighted by Gasteiger charge is 2.24. The van der Waals surface area contributed by atoms with Gasteiger partial charge in [-0.3, -0.25) is 4.90 Å². The molecule has 2 aliphatic rings. The summed E-state index contributed by atoms with van der Waals surface area (Å²) in [6, 6.07) is 11.6. The van der Waals surface area contributed by atoms with Crippen LogP contribution >= 0.6 is 0 Å². The zero-order valence-electron chi connectivity index (χ0n) is 16.1. The third kappa shape index (κ3) is 2.96. The number of aryl methyl sites for hydroxylation is 1. The smallest absolute Gasteiger partial charge is 0.122 e. The molecule has 0 bridgehead atoms. The van der Waals surface area contributed by atoms with E-state index in [0.717, 1.165) is 56.3 Å². The number of nitrogens with zero attached hydrogens (tertiary/aromatic N) is 4. The molecule has 140 valence electrons. The van der Waals surface area contributed by atoms with Crippen molar-refractivity contribution in [2.45, 2.75) is 26.3 Å². The summed E-state index contributed by atoms with van der Waals surface area (Å²) in [6.07, 6.45) is 5.19. The number of anilines is 1. The fourth-order valence-electron chi connectivity index (χ4n) is 4.32. The van der Waals surface area contributed by atoms with Crippen LogP contribution in [0.5, 0.6) is 5.75 Å². The minimum Gasteiger partial charge on any atom is -0.493 e. The molecule has 1 aromatic carbocycles. The van der Waals surface area contributed by atoms with Gasteiger partial charge in [-0.05, 0) is 43.2 Å². The monoisotopic (exact) mass is 362 g/mol. The summed E-state index contributed by atoms with van der Waals surface area (Å²) in [4.78, 5) is 9.46. The molecule has 0 amide bonds. The molecule has 5 nitrogen and oxygen atoms in total. The second kappa shape index (κ2) is 6.57. The minimum atomic E-state index is 0.417. The molecule has 0 spiro atoms. The van der Waals surface area contributed by atoms with Gasteiger partial charge in [0.05, 0.1) is 24.0 Å². The van der Waals surface area contributed by atoms with E-state index in [4.69, 9.17) is 4.74 Å². The molecule has 0 saturated carbocycles. The molecule has 0 radical (unpaired) electrons. The van der Waals surface area contributed by atoms with Crippen LogP contribution in [0.15, 0.2) is 42.7 Å². The van der Waals surface area contributed by atoms with Crippen LogP contribution in [0.3, 0.4) is 0 Å². The quantitative estimate of drug-likeness (QED) is 0.714. The summed E-state index contributed by atoms with van der Waals surface area (Å²) in [5.41, 5.74) is 5.14. The summed E-state index contributed by atoms with van der Waals surface area (Å²) in [5, 5.41) is 0. The van der Waals surface area contributed by atoms with Gasteiger partial charge in [0.15, 0.2) is 0 Å². The van der Waals surface area contributed by atoms with Crippen LogP contribution in [0.4, 0.5) is 5.69 Å². The van der Waals surface area contributed by atoms with E-state index in [0.29, 0.717) is 6.04 Å². The van der Waals surface area contributed by atoms with Crippen molar-refractivity contribution in [3.63, 3.8) is 0 Å². The summed E-state index contributed by atoms with van der Waals surface area (Å²) in [5.74, 6) is 2.12. The van der Waals surface area contributed by atoms with Gasteiger partial charge in [0.1, 0.15) is 11.6 Å². The summed E-state index contributed by atoms with van der Waals surface area (Å²) in [6.45, 7) is 9.42. The number of hydrogen-bond donors (Lipinski definition) is 0. The van der Waals surface area contributed by atoms with Gasteiger partial charge in [0.2, 0.25) is 0 Å². The van der Waals surface area contributed by atoms with E-state index < -0.39 is 0 Å². The number of aromatic nitrogens is 2. The Kier molecular flexibility index (Phi) is 4.05. The Bertz CT molecular complexity index is 972. The van der Waals surface area contributed by atoms with Crippen LogP contribution < -0.4 is 9.64 Å². The fourth-order valence-corrected chi connectivity index (χ4v) is 4.32. The SMILES string of the molecule is Cc1ncc2ccc(N3CCN([C@@H](C)c4ccc5c(c4)OCC5)CC3)cn12. The molecule has 1 atom stereocenters. The number of rotatable bonds is 3. The zero-order valence-corrected chi connectivity index (χ0v) is 16.1. The molecule has 0 N–H and O–H groups in total. The van der Waals surface area contributed by atoms with Gasteiger partial charge >= 0.3 is 0 Å². The predicted octanol–water partition coefficient (Wildman–Crippen LogP) is 3.46. The van der Waals surface area contributed by atoms with Gasteiger partial charge in [-0.1, -0.05) is 12.1 Å². The molecule has 2 aromatic heterocycles. The van der Waals surface area contributed by atoms with E-state index in [1.165, 1.54) is 16.8 Å². The number of piperazine rings is 1. The molecular weight excluding hydrogens is 336 g/mol. The maximum absolute atomic E-state index is 5.76. The van der Waals surface area contributed by atoms with Crippen molar-refractivity contribution in [2.24, 2.45) is 0 Å². The van der Waals surface area contributed by atoms with Crippen molar-refractivity contribution in [1.29, 1.82) is 0 Å². The van der Waals surface area contributed by atoms with Gasteiger partial charge in [-0.25, -0.2) is 4.98 Å². The Morgan fingerprint density at radius 3 is 2.78 bits per heavy atom. The predicted molar refractivity (Wildman–Crippen MR) is 108 cm³/mol. The fraction of sp³-hybridized carbons (Fsp3) is 0.409. The lowest BCUT2D eigenvalue weighted by Gasteiger charge is -2.39. The number of imidazole rings is 1. The van der Waals surface area contributed by atoms with Crippen LogP contribution in [0.1, 0.15) is 29.9 Å². The van der Waals surface area contributed by atoms with Crippen LogP contribution in [-0.2, 0) is 6.42 Å². The van der Waals surface area contributed by atoms with Crippen molar-refractivity contribution >= 4 is 11.2 Å². The highest BCUT2D eigenvalue weighted by atomic mass is 16.5. The van der Waals surface area contributed by atoms with Gasteiger partial charge in [-0.2, -0.15) is 0 Å². The average Bonchev–Trinajstić information content (AvgIpc) is 3.33. The van der Waals surface area contributed by atoms with Crippen molar-refractivity contribution in [3.05, 3.63) is 59.7 Å². The third-order valence-corrected chi connectivity index (χ3v) is 6.13. The molecule has 27 heavy (non-hydrogen) atoms. The largest absolute Gasteiger partial charge is 0.493 e. The van der Waals surface area contributed by atoms with Gasteiger partial charge in [-0.15, -0.1) is 0 Å². The minimum absolute atomic E-state index is 0.417. The molecule has 1 fully saturated rings. The van der Waals surface area contributed by atoms with Gasteiger partial charge < -0.3 is 14.0 Å². The third-order valence-electron chi connectivity index (χ3n) is 6.13. The van der Waals surface area contributed by atoms with Crippen LogP contribution in [0.25, 0.3) is 5.52 Å². The van der Waals surface area contributed by atoms with Gasteiger partial charge in [0, 0.05) is 44.8 Å². The van der Waals surface area contributed by atoms with E-state index in [1.54, 1.807) is 0 Å². The molecule has 3 aromatic rings. The molecule has 0 aliphatic carbocycles. The number of ether oxygens (including phenoxy) is 1. The lowest BCUT2D eigenvalue weighted by Crippen LogP contribution is -2.47. The second-order valence-electron chi connectivity index (χ2n) is 7.65. The van der Waals surface area contributed by atoms with Gasteiger partial charge in [0.25, 0.3) is 0 Å². The molecule has 0 unspecified atom stereocenters. The average molecular weight is 362 g/mol. The van der Waals surface area contributed by atoms with E-state index in [1.807, 2.05) is 6.20 Å². The molecule has 2 aliphatic heterocycles.